The molecule has 3 aromatic rings. The summed E-state index contributed by atoms with van der Waals surface area (Å²) >= 11 is 0. The summed E-state index contributed by atoms with van der Waals surface area (Å²) in [5, 5.41) is 3.46. The van der Waals surface area contributed by atoms with Crippen molar-refractivity contribution in [3.05, 3.63) is 66.4 Å². The standard InChI is InChI=1S/C18H16FN3O/c19-14-7-8-17-13(10-14)11-16(12-21-17)22-18(23)6-3-5-15-4-1-2-9-20-15/h1-2,4,7-12H,3,5-6H2,(H,22,23). The highest BCUT2D eigenvalue weighted by Crippen LogP contribution is 2.18. The molecule has 0 aliphatic heterocycles. The summed E-state index contributed by atoms with van der Waals surface area (Å²) in [7, 11) is 0. The number of nitrogens with one attached hydrogen (secondary N) is 1. The third-order valence-electron chi connectivity index (χ3n) is 3.49. The van der Waals surface area contributed by atoms with E-state index in [1.54, 1.807) is 24.5 Å². The minimum Gasteiger partial charge on any atom is -0.325 e. The number of amides is 1. The van der Waals surface area contributed by atoms with Crippen molar-refractivity contribution in [1.29, 1.82) is 0 Å². The van der Waals surface area contributed by atoms with E-state index in [0.717, 1.165) is 18.5 Å². The summed E-state index contributed by atoms with van der Waals surface area (Å²) < 4.78 is 13.2. The molecule has 0 atom stereocenters. The van der Waals surface area contributed by atoms with Crippen molar-refractivity contribution < 1.29 is 9.18 Å². The Labute approximate surface area is 133 Å². The van der Waals surface area contributed by atoms with E-state index < -0.39 is 0 Å². The van der Waals surface area contributed by atoms with E-state index in [1.165, 1.54) is 12.1 Å². The SMILES string of the molecule is O=C(CCCc1ccccn1)Nc1cnc2ccc(F)cc2c1. The number of rotatable bonds is 5. The van der Waals surface area contributed by atoms with Gasteiger partial charge >= 0.3 is 0 Å². The lowest BCUT2D eigenvalue weighted by molar-refractivity contribution is -0.116. The Morgan fingerprint density at radius 2 is 2.04 bits per heavy atom. The Balaban J connectivity index is 1.57. The van der Waals surface area contributed by atoms with Gasteiger partial charge in [-0.25, -0.2) is 4.39 Å². The van der Waals surface area contributed by atoms with Gasteiger partial charge in [0.2, 0.25) is 5.91 Å². The van der Waals surface area contributed by atoms with Gasteiger partial charge in [-0.2, -0.15) is 0 Å². The van der Waals surface area contributed by atoms with Crippen molar-refractivity contribution in [3.8, 4) is 0 Å². The smallest absolute Gasteiger partial charge is 0.224 e. The van der Waals surface area contributed by atoms with Crippen LogP contribution in [0.2, 0.25) is 0 Å². The molecular formula is C18H16FN3O. The monoisotopic (exact) mass is 309 g/mol. The fraction of sp³-hybridized carbons (Fsp3) is 0.167. The van der Waals surface area contributed by atoms with Crippen LogP contribution in [0, 0.1) is 5.82 Å². The van der Waals surface area contributed by atoms with Crippen LogP contribution in [0.4, 0.5) is 10.1 Å². The fourth-order valence-electron chi connectivity index (χ4n) is 2.37. The number of hydrogen-bond donors (Lipinski definition) is 1. The highest BCUT2D eigenvalue weighted by molar-refractivity contribution is 5.93. The van der Waals surface area contributed by atoms with Crippen LogP contribution in [0.5, 0.6) is 0 Å². The zero-order chi connectivity index (χ0) is 16.1. The maximum atomic E-state index is 13.2. The highest BCUT2D eigenvalue weighted by atomic mass is 19.1. The number of pyridine rings is 2. The number of anilines is 1. The quantitative estimate of drug-likeness (QED) is 0.781. The topological polar surface area (TPSA) is 54.9 Å². The molecular weight excluding hydrogens is 293 g/mol. The van der Waals surface area contributed by atoms with Crippen molar-refractivity contribution in [2.75, 3.05) is 5.32 Å². The molecule has 0 unspecified atom stereocenters. The van der Waals surface area contributed by atoms with Crippen molar-refractivity contribution >= 4 is 22.5 Å². The normalized spacial score (nSPS) is 10.7. The summed E-state index contributed by atoms with van der Waals surface area (Å²) in [5.74, 6) is -0.406. The first-order valence-electron chi connectivity index (χ1n) is 7.46. The predicted octanol–water partition coefficient (Wildman–Crippen LogP) is 3.73. The molecule has 0 bridgehead atoms. The van der Waals surface area contributed by atoms with Gasteiger partial charge in [0.1, 0.15) is 5.82 Å². The van der Waals surface area contributed by atoms with Gasteiger partial charge in [0.25, 0.3) is 0 Å². The van der Waals surface area contributed by atoms with Gasteiger partial charge in [-0.05, 0) is 49.2 Å². The van der Waals surface area contributed by atoms with Crippen LogP contribution < -0.4 is 5.32 Å². The molecule has 0 radical (unpaired) electrons. The number of halogens is 1. The van der Waals surface area contributed by atoms with Crippen LogP contribution in [0.15, 0.2) is 54.9 Å². The fourth-order valence-corrected chi connectivity index (χ4v) is 2.37. The largest absolute Gasteiger partial charge is 0.325 e. The van der Waals surface area contributed by atoms with Crippen LogP contribution in [0.25, 0.3) is 10.9 Å². The summed E-state index contributed by atoms with van der Waals surface area (Å²) in [4.78, 5) is 20.4. The summed E-state index contributed by atoms with van der Waals surface area (Å²) in [6, 6.07) is 11.9. The van der Waals surface area contributed by atoms with Crippen LogP contribution >= 0.6 is 0 Å². The van der Waals surface area contributed by atoms with Gasteiger partial charge < -0.3 is 5.32 Å². The molecule has 2 heterocycles. The van der Waals surface area contributed by atoms with Gasteiger partial charge in [0.05, 0.1) is 17.4 Å². The number of nitrogens with zero attached hydrogens (tertiary/aromatic N) is 2. The molecule has 0 aliphatic rings. The Morgan fingerprint density at radius 3 is 2.87 bits per heavy atom. The van der Waals surface area contributed by atoms with E-state index in [2.05, 4.69) is 15.3 Å². The highest BCUT2D eigenvalue weighted by Gasteiger charge is 2.05. The summed E-state index contributed by atoms with van der Waals surface area (Å²) in [5.41, 5.74) is 2.24. The molecule has 4 nitrogen and oxygen atoms in total. The number of aryl methyl sites for hydroxylation is 1. The molecule has 23 heavy (non-hydrogen) atoms. The van der Waals surface area contributed by atoms with Gasteiger partial charge in [0, 0.05) is 23.7 Å². The molecule has 1 aromatic carbocycles. The van der Waals surface area contributed by atoms with Crippen molar-refractivity contribution in [2.45, 2.75) is 19.3 Å². The molecule has 1 amide bonds. The van der Waals surface area contributed by atoms with Gasteiger partial charge in [0.15, 0.2) is 0 Å². The van der Waals surface area contributed by atoms with Gasteiger partial charge in [-0.1, -0.05) is 6.07 Å². The van der Waals surface area contributed by atoms with E-state index in [1.807, 2.05) is 18.2 Å². The number of hydrogen-bond acceptors (Lipinski definition) is 3. The van der Waals surface area contributed by atoms with E-state index in [0.29, 0.717) is 23.0 Å². The second kappa shape index (κ2) is 6.96. The Bertz CT molecular complexity index is 821. The maximum absolute atomic E-state index is 13.2. The number of fused-ring (bicyclic) bond motifs is 1. The molecule has 0 saturated carbocycles. The molecule has 1 N–H and O–H groups in total. The zero-order valence-electron chi connectivity index (χ0n) is 12.5. The molecule has 116 valence electrons. The van der Waals surface area contributed by atoms with Crippen LogP contribution in [0.3, 0.4) is 0 Å². The lowest BCUT2D eigenvalue weighted by atomic mass is 10.1. The van der Waals surface area contributed by atoms with E-state index in [9.17, 15) is 9.18 Å². The molecule has 2 aromatic heterocycles. The minimum atomic E-state index is -0.321. The second-order valence-electron chi connectivity index (χ2n) is 5.28. The number of carbonyl (C=O) groups excluding carboxylic acids is 1. The molecule has 0 saturated heterocycles. The lowest BCUT2D eigenvalue weighted by Crippen LogP contribution is -2.11. The van der Waals surface area contributed by atoms with Crippen molar-refractivity contribution in [1.82, 2.24) is 9.97 Å². The lowest BCUT2D eigenvalue weighted by Gasteiger charge is -2.06. The summed E-state index contributed by atoms with van der Waals surface area (Å²) in [6.45, 7) is 0. The first kappa shape index (κ1) is 15.1. The van der Waals surface area contributed by atoms with E-state index in [4.69, 9.17) is 0 Å². The minimum absolute atomic E-state index is 0.0847. The second-order valence-corrected chi connectivity index (χ2v) is 5.28. The summed E-state index contributed by atoms with van der Waals surface area (Å²) in [6.07, 6.45) is 5.21. The first-order valence-corrected chi connectivity index (χ1v) is 7.46. The average Bonchev–Trinajstić information content (AvgIpc) is 2.55. The molecule has 0 spiro atoms. The van der Waals surface area contributed by atoms with E-state index >= 15 is 0 Å². The maximum Gasteiger partial charge on any atom is 0.224 e. The van der Waals surface area contributed by atoms with Crippen LogP contribution in [-0.4, -0.2) is 15.9 Å². The third kappa shape index (κ3) is 4.10. The molecule has 0 fully saturated rings. The Morgan fingerprint density at radius 1 is 1.13 bits per heavy atom. The van der Waals surface area contributed by atoms with Gasteiger partial charge in [-0.15, -0.1) is 0 Å². The van der Waals surface area contributed by atoms with Crippen molar-refractivity contribution in [3.63, 3.8) is 0 Å². The molecule has 3 rings (SSSR count). The zero-order valence-corrected chi connectivity index (χ0v) is 12.5. The third-order valence-corrected chi connectivity index (χ3v) is 3.49. The number of aromatic nitrogens is 2. The molecule has 5 heteroatoms. The first-order chi connectivity index (χ1) is 11.2. The Hall–Kier alpha value is -2.82. The van der Waals surface area contributed by atoms with Gasteiger partial charge in [-0.3, -0.25) is 14.8 Å². The number of carbonyl (C=O) groups is 1. The van der Waals surface area contributed by atoms with Crippen LogP contribution in [-0.2, 0) is 11.2 Å². The number of benzene rings is 1. The van der Waals surface area contributed by atoms with Crippen molar-refractivity contribution in [2.24, 2.45) is 0 Å². The predicted molar refractivity (Wildman–Crippen MR) is 87.5 cm³/mol. The van der Waals surface area contributed by atoms with E-state index in [-0.39, 0.29) is 11.7 Å². The average molecular weight is 309 g/mol. The van der Waals surface area contributed by atoms with Crippen LogP contribution in [0.1, 0.15) is 18.5 Å². The Kier molecular flexibility index (Phi) is 4.57. The molecule has 0 aliphatic carbocycles.